The summed E-state index contributed by atoms with van der Waals surface area (Å²) in [5.41, 5.74) is -0.170. The Morgan fingerprint density at radius 3 is 2.70 bits per heavy atom. The van der Waals surface area contributed by atoms with Gasteiger partial charge in [-0.15, -0.1) is 0 Å². The van der Waals surface area contributed by atoms with Gasteiger partial charge >= 0.3 is 11.7 Å². The third kappa shape index (κ3) is 2.88. The van der Waals surface area contributed by atoms with Gasteiger partial charge in [0.05, 0.1) is 24.0 Å². The van der Waals surface area contributed by atoms with Crippen LogP contribution in [0.1, 0.15) is 37.5 Å². The van der Waals surface area contributed by atoms with Gasteiger partial charge in [0.1, 0.15) is 5.52 Å². The molecule has 7 nitrogen and oxygen atoms in total. The van der Waals surface area contributed by atoms with Crippen molar-refractivity contribution in [2.45, 2.75) is 31.6 Å². The molecular weight excluding hydrogens is 307 g/mol. The van der Waals surface area contributed by atoms with Crippen molar-refractivity contribution in [2.75, 3.05) is 7.11 Å². The van der Waals surface area contributed by atoms with Gasteiger partial charge in [0.2, 0.25) is 5.82 Å². The molecule has 3 rings (SSSR count). The second-order valence-electron chi connectivity index (χ2n) is 5.65. The fourth-order valence-electron chi connectivity index (χ4n) is 3.01. The second-order valence-corrected chi connectivity index (χ2v) is 5.65. The molecule has 122 valence electrons. The van der Waals surface area contributed by atoms with Crippen molar-refractivity contribution in [1.82, 2.24) is 4.98 Å². The molecular formula is C15H15FN2O5. The van der Waals surface area contributed by atoms with E-state index in [-0.39, 0.29) is 28.9 Å². The van der Waals surface area contributed by atoms with Crippen molar-refractivity contribution in [3.63, 3.8) is 0 Å². The third-order valence-electron chi connectivity index (χ3n) is 4.28. The van der Waals surface area contributed by atoms with Gasteiger partial charge in [-0.1, -0.05) is 0 Å². The number of carbonyl (C=O) groups is 1. The Labute approximate surface area is 130 Å². The number of halogens is 1. The van der Waals surface area contributed by atoms with Gasteiger partial charge in [0.25, 0.3) is 0 Å². The summed E-state index contributed by atoms with van der Waals surface area (Å²) in [5.74, 6) is -0.803. The molecule has 8 heteroatoms. The highest BCUT2D eigenvalue weighted by Gasteiger charge is 2.30. The number of oxazole rings is 1. The average Bonchev–Trinajstić information content (AvgIpc) is 2.96. The fraction of sp³-hybridized carbons (Fsp3) is 0.467. The van der Waals surface area contributed by atoms with Crippen LogP contribution in [0.5, 0.6) is 0 Å². The summed E-state index contributed by atoms with van der Waals surface area (Å²) >= 11 is 0. The standard InChI is InChI=1S/C15H15FN2O5/c1-22-15(19)9-4-2-8(3-5-9)14-17-11-6-10(16)12(18(20)21)7-13(11)23-14/h6-9H,2-5H2,1H3. The van der Waals surface area contributed by atoms with E-state index in [4.69, 9.17) is 9.15 Å². The Balaban J connectivity index is 1.82. The third-order valence-corrected chi connectivity index (χ3v) is 4.28. The number of fused-ring (bicyclic) bond motifs is 1. The molecule has 1 saturated carbocycles. The van der Waals surface area contributed by atoms with E-state index >= 15 is 0 Å². The van der Waals surface area contributed by atoms with Crippen molar-refractivity contribution < 1.29 is 23.3 Å². The van der Waals surface area contributed by atoms with E-state index < -0.39 is 16.4 Å². The number of hydrogen-bond donors (Lipinski definition) is 0. The van der Waals surface area contributed by atoms with Crippen LogP contribution in [0.15, 0.2) is 16.5 Å². The zero-order valence-electron chi connectivity index (χ0n) is 12.5. The molecule has 1 aliphatic carbocycles. The van der Waals surface area contributed by atoms with Gasteiger partial charge in [0, 0.05) is 12.0 Å². The SMILES string of the molecule is COC(=O)C1CCC(c2nc3cc(F)c([N+](=O)[O-])cc3o2)CC1. The van der Waals surface area contributed by atoms with E-state index in [1.54, 1.807) is 0 Å². The van der Waals surface area contributed by atoms with Crippen molar-refractivity contribution >= 4 is 22.8 Å². The minimum atomic E-state index is -0.934. The summed E-state index contributed by atoms with van der Waals surface area (Å²) in [4.78, 5) is 25.7. The van der Waals surface area contributed by atoms with Crippen molar-refractivity contribution in [3.8, 4) is 0 Å². The van der Waals surface area contributed by atoms with Crippen LogP contribution >= 0.6 is 0 Å². The average molecular weight is 322 g/mol. The van der Waals surface area contributed by atoms with Crippen molar-refractivity contribution in [2.24, 2.45) is 5.92 Å². The van der Waals surface area contributed by atoms with Gasteiger partial charge in [-0.25, -0.2) is 4.98 Å². The molecule has 0 aliphatic heterocycles. The smallest absolute Gasteiger partial charge is 0.308 e. The van der Waals surface area contributed by atoms with Crippen LogP contribution < -0.4 is 0 Å². The van der Waals surface area contributed by atoms with Gasteiger partial charge in [-0.05, 0) is 25.7 Å². The highest BCUT2D eigenvalue weighted by molar-refractivity contribution is 5.76. The van der Waals surface area contributed by atoms with Crippen LogP contribution in [0, 0.1) is 21.8 Å². The molecule has 23 heavy (non-hydrogen) atoms. The zero-order chi connectivity index (χ0) is 16.6. The lowest BCUT2D eigenvalue weighted by Crippen LogP contribution is -2.22. The van der Waals surface area contributed by atoms with E-state index in [0.717, 1.165) is 12.1 Å². The van der Waals surface area contributed by atoms with Gasteiger partial charge in [-0.3, -0.25) is 14.9 Å². The van der Waals surface area contributed by atoms with Crippen LogP contribution in [0.3, 0.4) is 0 Å². The first-order chi connectivity index (χ1) is 11.0. The van der Waals surface area contributed by atoms with Crippen molar-refractivity contribution in [1.29, 1.82) is 0 Å². The minimum absolute atomic E-state index is 0.0189. The Hall–Kier alpha value is -2.51. The maximum atomic E-state index is 13.6. The zero-order valence-corrected chi connectivity index (χ0v) is 12.5. The highest BCUT2D eigenvalue weighted by atomic mass is 19.1. The number of benzene rings is 1. The summed E-state index contributed by atoms with van der Waals surface area (Å²) in [7, 11) is 1.37. The van der Waals surface area contributed by atoms with E-state index in [9.17, 15) is 19.3 Å². The minimum Gasteiger partial charge on any atom is -0.469 e. The molecule has 1 aromatic heterocycles. The summed E-state index contributed by atoms with van der Waals surface area (Å²) in [5, 5.41) is 10.8. The highest BCUT2D eigenvalue weighted by Crippen LogP contribution is 2.37. The number of methoxy groups -OCH3 is 1. The van der Waals surface area contributed by atoms with Crippen LogP contribution in [-0.2, 0) is 9.53 Å². The Morgan fingerprint density at radius 1 is 1.39 bits per heavy atom. The van der Waals surface area contributed by atoms with Crippen LogP contribution in [0.2, 0.25) is 0 Å². The Morgan fingerprint density at radius 2 is 2.09 bits per heavy atom. The number of aromatic nitrogens is 1. The fourth-order valence-corrected chi connectivity index (χ4v) is 3.01. The number of ether oxygens (including phenoxy) is 1. The molecule has 1 fully saturated rings. The quantitative estimate of drug-likeness (QED) is 0.488. The molecule has 0 radical (unpaired) electrons. The van der Waals surface area contributed by atoms with Crippen LogP contribution in [-0.4, -0.2) is 23.0 Å². The normalized spacial score (nSPS) is 21.3. The molecule has 0 atom stereocenters. The lowest BCUT2D eigenvalue weighted by molar-refractivity contribution is -0.387. The molecule has 0 amide bonds. The predicted molar refractivity (Wildman–Crippen MR) is 77.3 cm³/mol. The summed E-state index contributed by atoms with van der Waals surface area (Å²) < 4.78 is 23.9. The van der Waals surface area contributed by atoms with Crippen LogP contribution in [0.4, 0.5) is 10.1 Å². The van der Waals surface area contributed by atoms with Crippen LogP contribution in [0.25, 0.3) is 11.1 Å². The molecule has 0 bridgehead atoms. The first-order valence-electron chi connectivity index (χ1n) is 7.31. The molecule has 1 aromatic carbocycles. The Kier molecular flexibility index (Phi) is 3.97. The number of hydrogen-bond acceptors (Lipinski definition) is 6. The van der Waals surface area contributed by atoms with Gasteiger partial charge in [-0.2, -0.15) is 4.39 Å². The number of nitro benzene ring substituents is 1. The molecule has 1 aliphatic rings. The predicted octanol–water partition coefficient (Wildman–Crippen LogP) is 3.32. The first kappa shape index (κ1) is 15.4. The number of nitro groups is 1. The number of esters is 1. The van der Waals surface area contributed by atoms with E-state index in [1.807, 2.05) is 0 Å². The Bertz CT molecular complexity index is 765. The van der Waals surface area contributed by atoms with E-state index in [1.165, 1.54) is 7.11 Å². The van der Waals surface area contributed by atoms with Gasteiger partial charge < -0.3 is 9.15 Å². The summed E-state index contributed by atoms with van der Waals surface area (Å²) in [6.45, 7) is 0. The molecule has 2 aromatic rings. The van der Waals surface area contributed by atoms with E-state index in [2.05, 4.69) is 4.98 Å². The molecule has 0 spiro atoms. The number of carbonyl (C=O) groups excluding carboxylic acids is 1. The second kappa shape index (κ2) is 5.94. The molecule has 0 unspecified atom stereocenters. The molecule has 1 heterocycles. The first-order valence-corrected chi connectivity index (χ1v) is 7.31. The number of nitrogens with zero attached hydrogens (tertiary/aromatic N) is 2. The lowest BCUT2D eigenvalue weighted by Gasteiger charge is -2.24. The van der Waals surface area contributed by atoms with Crippen molar-refractivity contribution in [3.05, 3.63) is 34.0 Å². The lowest BCUT2D eigenvalue weighted by atomic mass is 9.82. The van der Waals surface area contributed by atoms with E-state index in [0.29, 0.717) is 31.6 Å². The topological polar surface area (TPSA) is 95.5 Å². The maximum absolute atomic E-state index is 13.6. The maximum Gasteiger partial charge on any atom is 0.308 e. The van der Waals surface area contributed by atoms with Gasteiger partial charge in [0.15, 0.2) is 11.5 Å². The number of rotatable bonds is 3. The molecule has 0 saturated heterocycles. The largest absolute Gasteiger partial charge is 0.469 e. The monoisotopic (exact) mass is 322 g/mol. The summed E-state index contributed by atoms with van der Waals surface area (Å²) in [6, 6.07) is 2.07. The molecule has 0 N–H and O–H groups in total. The summed E-state index contributed by atoms with van der Waals surface area (Å²) in [6.07, 6.45) is 2.75.